The molecule has 4 heterocycles. The quantitative estimate of drug-likeness (QED) is 0.537. The Balaban J connectivity index is 1.54. The highest BCUT2D eigenvalue weighted by Crippen LogP contribution is 2.28. The van der Waals surface area contributed by atoms with Gasteiger partial charge in [-0.25, -0.2) is 15.0 Å². The molecule has 10 heteroatoms. The highest BCUT2D eigenvalue weighted by molar-refractivity contribution is 5.87. The smallest absolute Gasteiger partial charge is 0.312 e. The number of pyridine rings is 1. The largest absolute Gasteiger partial charge is 0.360 e. The average Bonchev–Trinajstić information content (AvgIpc) is 3.30. The number of nitrogens with zero attached hydrogens (tertiary/aromatic N) is 6. The Bertz CT molecular complexity index is 1020. The van der Waals surface area contributed by atoms with Crippen LogP contribution in [0.1, 0.15) is 12.0 Å². The van der Waals surface area contributed by atoms with Gasteiger partial charge in [0.15, 0.2) is 0 Å². The lowest BCUT2D eigenvalue weighted by Gasteiger charge is -2.18. The van der Waals surface area contributed by atoms with Crippen molar-refractivity contribution in [1.82, 2.24) is 19.9 Å². The van der Waals surface area contributed by atoms with E-state index in [1.54, 1.807) is 0 Å². The fourth-order valence-corrected chi connectivity index (χ4v) is 3.14. The minimum Gasteiger partial charge on any atom is -0.360 e. The van der Waals surface area contributed by atoms with Gasteiger partial charge in [0.2, 0.25) is 5.82 Å². The Kier molecular flexibility index (Phi) is 3.81. The summed E-state index contributed by atoms with van der Waals surface area (Å²) < 4.78 is 0. The normalized spacial score (nSPS) is 16.6. The summed E-state index contributed by atoms with van der Waals surface area (Å²) in [6.45, 7) is 1.40. The molecule has 0 aliphatic carbocycles. The first kappa shape index (κ1) is 15.8. The number of H-pyrrole nitrogens is 1. The van der Waals surface area contributed by atoms with Gasteiger partial charge in [0.1, 0.15) is 23.9 Å². The second kappa shape index (κ2) is 6.29. The molecule has 0 saturated carbocycles. The molecule has 4 rings (SSSR count). The van der Waals surface area contributed by atoms with Crippen LogP contribution < -0.4 is 10.2 Å². The van der Waals surface area contributed by atoms with Gasteiger partial charge in [-0.15, -0.1) is 0 Å². The molecule has 1 atom stereocenters. The van der Waals surface area contributed by atoms with Crippen molar-refractivity contribution in [2.24, 2.45) is 0 Å². The van der Waals surface area contributed by atoms with Crippen LogP contribution in [0.3, 0.4) is 0 Å². The van der Waals surface area contributed by atoms with Crippen LogP contribution in [0.5, 0.6) is 0 Å². The summed E-state index contributed by atoms with van der Waals surface area (Å²) in [7, 11) is 0. The van der Waals surface area contributed by atoms with E-state index in [1.165, 1.54) is 18.6 Å². The number of nitro groups is 1. The van der Waals surface area contributed by atoms with Gasteiger partial charge < -0.3 is 15.2 Å². The number of aromatic nitrogens is 4. The molecule has 3 aromatic heterocycles. The van der Waals surface area contributed by atoms with Gasteiger partial charge >= 0.3 is 5.69 Å². The zero-order valence-electron chi connectivity index (χ0n) is 13.6. The van der Waals surface area contributed by atoms with Crippen LogP contribution in [0.4, 0.5) is 17.3 Å². The summed E-state index contributed by atoms with van der Waals surface area (Å²) in [5, 5.41) is 24.2. The lowest BCUT2D eigenvalue weighted by Crippen LogP contribution is -2.27. The second-order valence-corrected chi connectivity index (χ2v) is 5.97. The van der Waals surface area contributed by atoms with Gasteiger partial charge in [0.05, 0.1) is 15.9 Å². The number of hydrogen-bond acceptors (Lipinski definition) is 8. The molecule has 0 bridgehead atoms. The first-order valence-corrected chi connectivity index (χ1v) is 8.00. The van der Waals surface area contributed by atoms with E-state index in [0.29, 0.717) is 6.54 Å². The first-order chi connectivity index (χ1) is 12.7. The maximum absolute atomic E-state index is 11.3. The number of nitriles is 1. The van der Waals surface area contributed by atoms with Gasteiger partial charge in [-0.3, -0.25) is 10.1 Å². The van der Waals surface area contributed by atoms with Crippen LogP contribution in [0.25, 0.3) is 11.0 Å². The SMILES string of the molecule is N#Cc1cnc(N[C@@H]2CCN(c3ncnc4[nH]ccc34)C2)c([N+](=O)[O-])c1. The van der Waals surface area contributed by atoms with Gasteiger partial charge in [-0.2, -0.15) is 5.26 Å². The molecule has 2 N–H and O–H groups in total. The summed E-state index contributed by atoms with van der Waals surface area (Å²) in [5.41, 5.74) is 0.736. The van der Waals surface area contributed by atoms with E-state index in [4.69, 9.17) is 5.26 Å². The maximum Gasteiger partial charge on any atom is 0.312 e. The molecule has 10 nitrogen and oxygen atoms in total. The Morgan fingerprint density at radius 2 is 2.31 bits per heavy atom. The Morgan fingerprint density at radius 3 is 3.12 bits per heavy atom. The van der Waals surface area contributed by atoms with Crippen molar-refractivity contribution in [1.29, 1.82) is 5.26 Å². The highest BCUT2D eigenvalue weighted by atomic mass is 16.6. The summed E-state index contributed by atoms with van der Waals surface area (Å²) in [5.74, 6) is 1.01. The second-order valence-electron chi connectivity index (χ2n) is 5.97. The van der Waals surface area contributed by atoms with Gasteiger partial charge in [0, 0.05) is 37.6 Å². The number of hydrogen-bond donors (Lipinski definition) is 2. The third kappa shape index (κ3) is 2.75. The zero-order chi connectivity index (χ0) is 18.1. The molecule has 0 amide bonds. The molecule has 1 aliphatic heterocycles. The molecular formula is C16H14N8O2. The monoisotopic (exact) mass is 350 g/mol. The standard InChI is InChI=1S/C16H14N8O2/c17-6-10-5-13(24(25)26)15(19-7-10)22-11-2-4-23(8-11)16-12-1-3-18-14(12)20-9-21-16/h1,3,5,7,9,11H,2,4,8H2,(H,19,22)(H,18,20,21)/t11-/m1/s1. The minimum absolute atomic E-state index is 0.0157. The van der Waals surface area contributed by atoms with Gasteiger partial charge in [-0.1, -0.05) is 0 Å². The summed E-state index contributed by atoms with van der Waals surface area (Å²) >= 11 is 0. The molecule has 1 aliphatic rings. The van der Waals surface area contributed by atoms with Crippen molar-refractivity contribution in [2.75, 3.05) is 23.3 Å². The highest BCUT2D eigenvalue weighted by Gasteiger charge is 2.27. The average molecular weight is 350 g/mol. The molecular weight excluding hydrogens is 336 g/mol. The number of rotatable bonds is 4. The Morgan fingerprint density at radius 1 is 1.42 bits per heavy atom. The van der Waals surface area contributed by atoms with E-state index in [0.717, 1.165) is 29.8 Å². The third-order valence-electron chi connectivity index (χ3n) is 4.35. The number of aromatic amines is 1. The Hall–Kier alpha value is -3.74. The summed E-state index contributed by atoms with van der Waals surface area (Å²) in [4.78, 5) is 28.5. The van der Waals surface area contributed by atoms with Gasteiger partial charge in [-0.05, 0) is 12.5 Å². The minimum atomic E-state index is -0.531. The van der Waals surface area contributed by atoms with Crippen LogP contribution in [-0.2, 0) is 0 Å². The lowest BCUT2D eigenvalue weighted by molar-refractivity contribution is -0.384. The van der Waals surface area contributed by atoms with Crippen molar-refractivity contribution < 1.29 is 4.92 Å². The molecule has 1 saturated heterocycles. The van der Waals surface area contributed by atoms with E-state index in [9.17, 15) is 10.1 Å². The van der Waals surface area contributed by atoms with Crippen molar-refractivity contribution in [3.63, 3.8) is 0 Å². The zero-order valence-corrected chi connectivity index (χ0v) is 13.6. The topological polar surface area (TPSA) is 137 Å². The number of nitrogens with one attached hydrogen (secondary N) is 2. The fourth-order valence-electron chi connectivity index (χ4n) is 3.14. The van der Waals surface area contributed by atoms with E-state index in [1.807, 2.05) is 18.3 Å². The molecule has 0 aromatic carbocycles. The van der Waals surface area contributed by atoms with Crippen molar-refractivity contribution in [3.05, 3.63) is 46.5 Å². The molecule has 3 aromatic rings. The van der Waals surface area contributed by atoms with Crippen LogP contribution >= 0.6 is 0 Å². The summed E-state index contributed by atoms with van der Waals surface area (Å²) in [6.07, 6.45) is 5.45. The molecule has 0 unspecified atom stereocenters. The summed E-state index contributed by atoms with van der Waals surface area (Å²) in [6, 6.07) is 5.01. The van der Waals surface area contributed by atoms with Crippen molar-refractivity contribution >= 4 is 28.4 Å². The van der Waals surface area contributed by atoms with E-state index >= 15 is 0 Å². The predicted octanol–water partition coefficient (Wildman–Crippen LogP) is 1.82. The molecule has 0 radical (unpaired) electrons. The number of anilines is 2. The first-order valence-electron chi connectivity index (χ1n) is 8.00. The molecule has 1 fully saturated rings. The predicted molar refractivity (Wildman–Crippen MR) is 93.7 cm³/mol. The Labute approximate surface area is 147 Å². The lowest BCUT2D eigenvalue weighted by atomic mass is 10.2. The van der Waals surface area contributed by atoms with E-state index in [2.05, 4.69) is 30.2 Å². The fraction of sp³-hybridized carbons (Fsp3) is 0.250. The van der Waals surface area contributed by atoms with Crippen molar-refractivity contribution in [3.8, 4) is 6.07 Å². The van der Waals surface area contributed by atoms with Crippen molar-refractivity contribution in [2.45, 2.75) is 12.5 Å². The van der Waals surface area contributed by atoms with Crippen LogP contribution in [0.15, 0.2) is 30.9 Å². The van der Waals surface area contributed by atoms with E-state index < -0.39 is 4.92 Å². The molecule has 0 spiro atoms. The molecule has 26 heavy (non-hydrogen) atoms. The number of fused-ring (bicyclic) bond motifs is 1. The van der Waals surface area contributed by atoms with Crippen LogP contribution in [0, 0.1) is 21.4 Å². The van der Waals surface area contributed by atoms with Crippen LogP contribution in [0.2, 0.25) is 0 Å². The van der Waals surface area contributed by atoms with Crippen LogP contribution in [-0.4, -0.2) is 44.0 Å². The van der Waals surface area contributed by atoms with E-state index in [-0.39, 0.29) is 23.1 Å². The van der Waals surface area contributed by atoms with Gasteiger partial charge in [0.25, 0.3) is 0 Å². The maximum atomic E-state index is 11.3. The third-order valence-corrected chi connectivity index (χ3v) is 4.35. The molecule has 130 valence electrons.